The van der Waals surface area contributed by atoms with Crippen molar-refractivity contribution in [2.75, 3.05) is 19.7 Å². The van der Waals surface area contributed by atoms with Crippen LogP contribution in [0.3, 0.4) is 0 Å². The third-order valence-electron chi connectivity index (χ3n) is 5.52. The molecular weight excluding hydrogens is 389 g/mol. The first-order valence-corrected chi connectivity index (χ1v) is 9.76. The Bertz CT molecular complexity index is 1170. The van der Waals surface area contributed by atoms with Crippen LogP contribution in [0.5, 0.6) is 11.5 Å². The van der Waals surface area contributed by atoms with Crippen LogP contribution in [0.15, 0.2) is 45.6 Å². The van der Waals surface area contributed by atoms with E-state index in [0.717, 1.165) is 6.07 Å². The second-order valence-electron chi connectivity index (χ2n) is 7.48. The van der Waals surface area contributed by atoms with Crippen LogP contribution in [0, 0.1) is 11.7 Å². The van der Waals surface area contributed by atoms with Crippen LogP contribution in [0.2, 0.25) is 0 Å². The molecule has 0 amide bonds. The molecule has 1 fully saturated rings. The van der Waals surface area contributed by atoms with E-state index in [0.29, 0.717) is 30.6 Å². The molecule has 2 atom stereocenters. The molecular formula is C23H22FNO5. The molecule has 0 spiro atoms. The number of phenolic OH excluding ortho intramolecular Hbond substituents is 2. The molecule has 0 radical (unpaired) electrons. The Morgan fingerprint density at radius 1 is 1.17 bits per heavy atom. The molecule has 1 saturated heterocycles. The van der Waals surface area contributed by atoms with Crippen LogP contribution in [0.25, 0.3) is 23.1 Å². The normalized spacial score (nSPS) is 19.5. The van der Waals surface area contributed by atoms with Crippen molar-refractivity contribution >= 4 is 23.1 Å². The van der Waals surface area contributed by atoms with Gasteiger partial charge in [-0.05, 0) is 42.7 Å². The predicted molar refractivity (Wildman–Crippen MR) is 112 cm³/mol. The van der Waals surface area contributed by atoms with Gasteiger partial charge in [-0.15, -0.1) is 0 Å². The van der Waals surface area contributed by atoms with Gasteiger partial charge >= 0.3 is 0 Å². The molecule has 3 aromatic rings. The highest BCUT2D eigenvalue weighted by Crippen LogP contribution is 2.42. The molecule has 1 aliphatic heterocycles. The molecule has 0 saturated carbocycles. The van der Waals surface area contributed by atoms with Crippen molar-refractivity contribution in [2.45, 2.75) is 12.3 Å². The molecule has 2 aromatic carbocycles. The molecule has 7 heteroatoms. The Kier molecular flexibility index (Phi) is 5.57. The second kappa shape index (κ2) is 8.30. The van der Waals surface area contributed by atoms with Crippen molar-refractivity contribution in [3.05, 3.63) is 69.3 Å². The van der Waals surface area contributed by atoms with Gasteiger partial charge < -0.3 is 25.1 Å². The van der Waals surface area contributed by atoms with Crippen LogP contribution in [0.4, 0.5) is 4.39 Å². The maximum absolute atomic E-state index is 13.4. The Morgan fingerprint density at radius 2 is 2.00 bits per heavy atom. The average molecular weight is 411 g/mol. The summed E-state index contributed by atoms with van der Waals surface area (Å²) in [5, 5.41) is 33.8. The van der Waals surface area contributed by atoms with E-state index in [1.165, 1.54) is 24.3 Å². The SMILES string of the molecule is O=c1cc(C=Cc2cccc(F)c2)oc2c(C3CCNCC3CO)c(O)cc(O)c12. The molecule has 0 bridgehead atoms. The van der Waals surface area contributed by atoms with E-state index >= 15 is 0 Å². The van der Waals surface area contributed by atoms with Gasteiger partial charge in [0, 0.05) is 36.8 Å². The lowest BCUT2D eigenvalue weighted by atomic mass is 9.80. The number of hydrogen-bond donors (Lipinski definition) is 4. The smallest absolute Gasteiger partial charge is 0.197 e. The fourth-order valence-corrected chi connectivity index (χ4v) is 4.06. The number of aromatic hydroxyl groups is 2. The van der Waals surface area contributed by atoms with Gasteiger partial charge in [0.25, 0.3) is 0 Å². The summed E-state index contributed by atoms with van der Waals surface area (Å²) in [4.78, 5) is 12.7. The van der Waals surface area contributed by atoms with Crippen LogP contribution >= 0.6 is 0 Å². The van der Waals surface area contributed by atoms with Crippen LogP contribution in [-0.2, 0) is 0 Å². The molecule has 156 valence electrons. The quantitative estimate of drug-likeness (QED) is 0.526. The first kappa shape index (κ1) is 20.1. The Hall–Kier alpha value is -3.16. The number of phenols is 2. The number of fused-ring (bicyclic) bond motifs is 1. The van der Waals surface area contributed by atoms with Gasteiger partial charge in [0.05, 0.1) is 0 Å². The fourth-order valence-electron chi connectivity index (χ4n) is 4.06. The molecule has 4 rings (SSSR count). The van der Waals surface area contributed by atoms with Crippen molar-refractivity contribution in [1.29, 1.82) is 0 Å². The fraction of sp³-hybridized carbons (Fsp3) is 0.261. The lowest BCUT2D eigenvalue weighted by molar-refractivity contribution is 0.178. The summed E-state index contributed by atoms with van der Waals surface area (Å²) in [7, 11) is 0. The lowest BCUT2D eigenvalue weighted by Gasteiger charge is -2.31. The number of aliphatic hydroxyl groups excluding tert-OH is 1. The van der Waals surface area contributed by atoms with E-state index in [4.69, 9.17) is 4.42 Å². The zero-order chi connectivity index (χ0) is 21.3. The summed E-state index contributed by atoms with van der Waals surface area (Å²) in [6.45, 7) is 1.15. The van der Waals surface area contributed by atoms with Gasteiger partial charge in [0.2, 0.25) is 0 Å². The monoisotopic (exact) mass is 411 g/mol. The minimum Gasteiger partial charge on any atom is -0.507 e. The molecule has 2 unspecified atom stereocenters. The molecule has 1 aliphatic rings. The summed E-state index contributed by atoms with van der Waals surface area (Å²) in [5.74, 6) is -1.14. The van der Waals surface area contributed by atoms with Gasteiger partial charge in [-0.3, -0.25) is 4.79 Å². The van der Waals surface area contributed by atoms with E-state index in [1.54, 1.807) is 18.2 Å². The highest BCUT2D eigenvalue weighted by Gasteiger charge is 2.31. The van der Waals surface area contributed by atoms with E-state index in [2.05, 4.69) is 5.32 Å². The average Bonchev–Trinajstić information content (AvgIpc) is 2.72. The first-order valence-electron chi connectivity index (χ1n) is 9.76. The van der Waals surface area contributed by atoms with E-state index < -0.39 is 5.43 Å². The maximum Gasteiger partial charge on any atom is 0.197 e. The molecule has 2 heterocycles. The second-order valence-corrected chi connectivity index (χ2v) is 7.48. The van der Waals surface area contributed by atoms with Crippen molar-refractivity contribution < 1.29 is 24.1 Å². The van der Waals surface area contributed by atoms with Gasteiger partial charge in [-0.25, -0.2) is 4.39 Å². The third kappa shape index (κ3) is 3.81. The van der Waals surface area contributed by atoms with Gasteiger partial charge in [0.1, 0.15) is 34.0 Å². The van der Waals surface area contributed by atoms with E-state index in [-0.39, 0.29) is 52.5 Å². The number of aliphatic hydroxyl groups is 1. The molecule has 6 nitrogen and oxygen atoms in total. The lowest BCUT2D eigenvalue weighted by Crippen LogP contribution is -2.37. The summed E-state index contributed by atoms with van der Waals surface area (Å²) in [6, 6.07) is 8.36. The Morgan fingerprint density at radius 3 is 2.77 bits per heavy atom. The molecule has 4 N–H and O–H groups in total. The van der Waals surface area contributed by atoms with Crippen molar-refractivity contribution in [2.24, 2.45) is 5.92 Å². The number of nitrogens with one attached hydrogen (secondary N) is 1. The van der Waals surface area contributed by atoms with Crippen LogP contribution in [-0.4, -0.2) is 35.0 Å². The van der Waals surface area contributed by atoms with Crippen LogP contribution in [0.1, 0.15) is 29.2 Å². The summed E-state index contributed by atoms with van der Waals surface area (Å²) in [6.07, 6.45) is 3.77. The summed E-state index contributed by atoms with van der Waals surface area (Å²) < 4.78 is 19.3. The topological polar surface area (TPSA) is 103 Å². The third-order valence-corrected chi connectivity index (χ3v) is 5.52. The minimum atomic E-state index is -0.455. The number of rotatable bonds is 4. The summed E-state index contributed by atoms with van der Waals surface area (Å²) >= 11 is 0. The number of benzene rings is 2. The Balaban J connectivity index is 1.87. The Labute approximate surface area is 171 Å². The highest BCUT2D eigenvalue weighted by atomic mass is 19.1. The van der Waals surface area contributed by atoms with Gasteiger partial charge in [0.15, 0.2) is 5.43 Å². The number of piperidine rings is 1. The number of hydrogen-bond acceptors (Lipinski definition) is 6. The zero-order valence-electron chi connectivity index (χ0n) is 16.1. The van der Waals surface area contributed by atoms with Gasteiger partial charge in [-0.2, -0.15) is 0 Å². The highest BCUT2D eigenvalue weighted by molar-refractivity contribution is 5.89. The molecule has 30 heavy (non-hydrogen) atoms. The first-order chi connectivity index (χ1) is 14.5. The largest absolute Gasteiger partial charge is 0.507 e. The number of halogens is 1. The van der Waals surface area contributed by atoms with E-state index in [9.17, 15) is 24.5 Å². The maximum atomic E-state index is 13.4. The summed E-state index contributed by atoms with van der Waals surface area (Å²) in [5.41, 5.74) is 0.643. The molecule has 0 aliphatic carbocycles. The predicted octanol–water partition coefficient (Wildman–Crippen LogP) is 3.20. The van der Waals surface area contributed by atoms with Crippen molar-refractivity contribution in [3.63, 3.8) is 0 Å². The standard InChI is InChI=1S/C23H22FNO5/c24-15-3-1-2-13(8-15)4-5-16-9-18(27)22-20(29)10-19(28)21(23(22)30-16)17-6-7-25-11-14(17)12-26/h1-5,8-10,14,17,25-26,28-29H,6-7,11-12H2. The molecule has 1 aromatic heterocycles. The zero-order valence-corrected chi connectivity index (χ0v) is 16.1. The van der Waals surface area contributed by atoms with Gasteiger partial charge in [-0.1, -0.05) is 18.2 Å². The minimum absolute atomic E-state index is 0.0130. The van der Waals surface area contributed by atoms with Crippen molar-refractivity contribution in [1.82, 2.24) is 5.32 Å². The van der Waals surface area contributed by atoms with Crippen molar-refractivity contribution in [3.8, 4) is 11.5 Å². The van der Waals surface area contributed by atoms with Crippen LogP contribution < -0.4 is 10.7 Å². The van der Waals surface area contributed by atoms with E-state index in [1.807, 2.05) is 0 Å².